The van der Waals surface area contributed by atoms with Crippen LogP contribution in [0.2, 0.25) is 10.0 Å². The zero-order valence-corrected chi connectivity index (χ0v) is 20.9. The van der Waals surface area contributed by atoms with Gasteiger partial charge in [0.2, 0.25) is 0 Å². The van der Waals surface area contributed by atoms with Gasteiger partial charge in [0.15, 0.2) is 12.4 Å². The lowest BCUT2D eigenvalue weighted by Crippen LogP contribution is -2.20. The highest BCUT2D eigenvalue weighted by molar-refractivity contribution is 6.37. The summed E-state index contributed by atoms with van der Waals surface area (Å²) in [4.78, 5) is 24.8. The van der Waals surface area contributed by atoms with E-state index >= 15 is 0 Å². The number of nitrogens with one attached hydrogen (secondary N) is 2. The highest BCUT2D eigenvalue weighted by atomic mass is 35.5. The van der Waals surface area contributed by atoms with Crippen molar-refractivity contribution in [3.8, 4) is 11.8 Å². The normalized spacial score (nSPS) is 10.9. The lowest BCUT2D eigenvalue weighted by molar-refractivity contribution is -0.118. The van der Waals surface area contributed by atoms with Crippen LogP contribution in [0.15, 0.2) is 60.2 Å². The third-order valence-corrected chi connectivity index (χ3v) is 5.57. The van der Waals surface area contributed by atoms with E-state index in [0.717, 1.165) is 16.7 Å². The molecule has 3 aromatic rings. The maximum absolute atomic E-state index is 12.5. The summed E-state index contributed by atoms with van der Waals surface area (Å²) < 4.78 is 5.55. The Labute approximate surface area is 214 Å². The SMILES string of the molecule is Cc1ccc(NC(=O)/C(C#N)=C\c2cc(Cl)c(OCC(=O)Nc3ccc(C)cc3C)c(Cl)c2)cc1. The second kappa shape index (κ2) is 11.6. The van der Waals surface area contributed by atoms with Crippen molar-refractivity contribution in [2.24, 2.45) is 0 Å². The van der Waals surface area contributed by atoms with Crippen molar-refractivity contribution < 1.29 is 14.3 Å². The summed E-state index contributed by atoms with van der Waals surface area (Å²) in [7, 11) is 0. The lowest BCUT2D eigenvalue weighted by atomic mass is 10.1. The van der Waals surface area contributed by atoms with Crippen molar-refractivity contribution in [2.45, 2.75) is 20.8 Å². The summed E-state index contributed by atoms with van der Waals surface area (Å²) in [6, 6.07) is 17.8. The van der Waals surface area contributed by atoms with Gasteiger partial charge in [0, 0.05) is 11.4 Å². The Hall–Kier alpha value is -3.79. The van der Waals surface area contributed by atoms with Gasteiger partial charge < -0.3 is 15.4 Å². The minimum absolute atomic E-state index is 0.126. The first-order valence-electron chi connectivity index (χ1n) is 10.6. The predicted molar refractivity (Wildman–Crippen MR) is 140 cm³/mol. The van der Waals surface area contributed by atoms with Crippen LogP contribution >= 0.6 is 23.2 Å². The number of benzene rings is 3. The molecule has 0 aliphatic rings. The van der Waals surface area contributed by atoms with Gasteiger partial charge in [-0.3, -0.25) is 9.59 Å². The summed E-state index contributed by atoms with van der Waals surface area (Å²) in [5.74, 6) is -0.802. The minimum Gasteiger partial charge on any atom is -0.481 e. The highest BCUT2D eigenvalue weighted by Gasteiger charge is 2.15. The fraction of sp³-hybridized carbons (Fsp3) is 0.148. The molecule has 2 amide bonds. The number of carbonyl (C=O) groups excluding carboxylic acids is 2. The number of nitriles is 1. The standard InChI is InChI=1S/C27H23Cl2N3O3/c1-16-4-7-21(8-5-16)31-27(34)20(14-30)11-19-12-22(28)26(23(29)13-19)35-15-25(33)32-24-9-6-17(2)10-18(24)3/h4-13H,15H2,1-3H3,(H,31,34)(H,32,33)/b20-11-. The number of nitrogens with zero attached hydrogens (tertiary/aromatic N) is 1. The molecule has 0 spiro atoms. The summed E-state index contributed by atoms with van der Waals surface area (Å²) in [6.45, 7) is 5.51. The second-order valence-corrected chi connectivity index (χ2v) is 8.77. The summed E-state index contributed by atoms with van der Waals surface area (Å²) in [6.07, 6.45) is 1.37. The van der Waals surface area contributed by atoms with Crippen LogP contribution in [0, 0.1) is 32.1 Å². The number of amides is 2. The Balaban J connectivity index is 1.69. The number of aryl methyl sites for hydroxylation is 3. The number of anilines is 2. The molecule has 35 heavy (non-hydrogen) atoms. The molecule has 0 fully saturated rings. The molecule has 8 heteroatoms. The molecule has 2 N–H and O–H groups in total. The van der Waals surface area contributed by atoms with Gasteiger partial charge in [-0.2, -0.15) is 5.26 Å². The number of carbonyl (C=O) groups is 2. The molecular weight excluding hydrogens is 485 g/mol. The zero-order valence-electron chi connectivity index (χ0n) is 19.4. The van der Waals surface area contributed by atoms with E-state index in [0.29, 0.717) is 16.9 Å². The van der Waals surface area contributed by atoms with E-state index in [1.807, 2.05) is 57.2 Å². The monoisotopic (exact) mass is 507 g/mol. The van der Waals surface area contributed by atoms with E-state index in [4.69, 9.17) is 27.9 Å². The van der Waals surface area contributed by atoms with Crippen LogP contribution < -0.4 is 15.4 Å². The summed E-state index contributed by atoms with van der Waals surface area (Å²) in [5.41, 5.74) is 4.65. The van der Waals surface area contributed by atoms with E-state index in [1.54, 1.807) is 12.1 Å². The topological polar surface area (TPSA) is 91.2 Å². The van der Waals surface area contributed by atoms with Gasteiger partial charge in [0.05, 0.1) is 10.0 Å². The van der Waals surface area contributed by atoms with Crippen LogP contribution in [0.5, 0.6) is 5.75 Å². The van der Waals surface area contributed by atoms with Gasteiger partial charge in [0.1, 0.15) is 11.6 Å². The van der Waals surface area contributed by atoms with Crippen molar-refractivity contribution in [3.05, 3.63) is 92.5 Å². The molecule has 0 aliphatic heterocycles. The van der Waals surface area contributed by atoms with Gasteiger partial charge in [-0.25, -0.2) is 0 Å². The van der Waals surface area contributed by atoms with Crippen LogP contribution in [-0.2, 0) is 9.59 Å². The Kier molecular flexibility index (Phi) is 8.53. The first-order chi connectivity index (χ1) is 16.7. The molecule has 0 aliphatic carbocycles. The van der Waals surface area contributed by atoms with Crippen LogP contribution in [0.1, 0.15) is 22.3 Å². The Morgan fingerprint density at radius 3 is 2.17 bits per heavy atom. The number of halogens is 2. The molecule has 3 rings (SSSR count). The molecule has 0 radical (unpaired) electrons. The number of rotatable bonds is 7. The van der Waals surface area contributed by atoms with Crippen LogP contribution in [0.25, 0.3) is 6.08 Å². The molecule has 0 unspecified atom stereocenters. The third-order valence-electron chi connectivity index (χ3n) is 5.01. The Morgan fingerprint density at radius 1 is 0.943 bits per heavy atom. The molecule has 0 heterocycles. The smallest absolute Gasteiger partial charge is 0.266 e. The summed E-state index contributed by atoms with van der Waals surface area (Å²) in [5, 5.41) is 15.2. The summed E-state index contributed by atoms with van der Waals surface area (Å²) >= 11 is 12.6. The predicted octanol–water partition coefficient (Wildman–Crippen LogP) is 6.48. The van der Waals surface area contributed by atoms with Crippen LogP contribution in [0.4, 0.5) is 11.4 Å². The number of ether oxygens (including phenoxy) is 1. The van der Waals surface area contributed by atoms with E-state index in [2.05, 4.69) is 10.6 Å². The van der Waals surface area contributed by atoms with E-state index in [9.17, 15) is 14.9 Å². The molecule has 3 aromatic carbocycles. The minimum atomic E-state index is -0.563. The van der Waals surface area contributed by atoms with Gasteiger partial charge in [-0.1, -0.05) is 58.6 Å². The van der Waals surface area contributed by atoms with Crippen molar-refractivity contribution in [1.82, 2.24) is 0 Å². The van der Waals surface area contributed by atoms with Gasteiger partial charge in [0.25, 0.3) is 11.8 Å². The molecule has 6 nitrogen and oxygen atoms in total. The average molecular weight is 508 g/mol. The van der Waals surface area contributed by atoms with Crippen LogP contribution in [0.3, 0.4) is 0 Å². The van der Waals surface area contributed by atoms with Crippen molar-refractivity contribution in [1.29, 1.82) is 5.26 Å². The van der Waals surface area contributed by atoms with E-state index in [-0.39, 0.29) is 33.9 Å². The molecule has 0 bridgehead atoms. The Bertz CT molecular complexity index is 1320. The van der Waals surface area contributed by atoms with Gasteiger partial charge in [-0.15, -0.1) is 0 Å². The molecule has 0 aromatic heterocycles. The van der Waals surface area contributed by atoms with Crippen molar-refractivity contribution in [3.63, 3.8) is 0 Å². The first-order valence-corrected chi connectivity index (χ1v) is 11.4. The Morgan fingerprint density at radius 2 is 1.57 bits per heavy atom. The fourth-order valence-electron chi connectivity index (χ4n) is 3.23. The largest absolute Gasteiger partial charge is 0.481 e. The second-order valence-electron chi connectivity index (χ2n) is 7.96. The zero-order chi connectivity index (χ0) is 25.5. The van der Waals surface area contributed by atoms with Gasteiger partial charge >= 0.3 is 0 Å². The van der Waals surface area contributed by atoms with Gasteiger partial charge in [-0.05, 0) is 68.3 Å². The highest BCUT2D eigenvalue weighted by Crippen LogP contribution is 2.35. The maximum atomic E-state index is 12.5. The first kappa shape index (κ1) is 25.8. The molecule has 0 atom stereocenters. The third kappa shape index (κ3) is 7.10. The molecule has 0 saturated heterocycles. The molecule has 0 saturated carbocycles. The lowest BCUT2D eigenvalue weighted by Gasteiger charge is -2.12. The van der Waals surface area contributed by atoms with E-state index < -0.39 is 5.91 Å². The quantitative estimate of drug-likeness (QED) is 0.282. The average Bonchev–Trinajstić information content (AvgIpc) is 2.80. The number of hydrogen-bond acceptors (Lipinski definition) is 4. The number of hydrogen-bond donors (Lipinski definition) is 2. The fourth-order valence-corrected chi connectivity index (χ4v) is 3.84. The van der Waals surface area contributed by atoms with Crippen LogP contribution in [-0.4, -0.2) is 18.4 Å². The van der Waals surface area contributed by atoms with E-state index in [1.165, 1.54) is 18.2 Å². The molecular formula is C27H23Cl2N3O3. The van der Waals surface area contributed by atoms with Crippen molar-refractivity contribution in [2.75, 3.05) is 17.2 Å². The molecule has 178 valence electrons. The maximum Gasteiger partial charge on any atom is 0.266 e. The van der Waals surface area contributed by atoms with Crippen molar-refractivity contribution >= 4 is 52.5 Å².